The smallest absolute Gasteiger partial charge is 0.240 e. The summed E-state index contributed by atoms with van der Waals surface area (Å²) in [7, 11) is -3.59. The number of nitrogens with one attached hydrogen (secondary N) is 1. The second-order valence-corrected chi connectivity index (χ2v) is 6.68. The SMILES string of the molecule is CCNS(=O)(=O)c1ccc(N)c(N(CC(N)=O)C(C)C)c1. The Bertz CT molecular complexity index is 614. The zero-order valence-electron chi connectivity index (χ0n) is 12.5. The fourth-order valence-corrected chi connectivity index (χ4v) is 2.99. The summed E-state index contributed by atoms with van der Waals surface area (Å²) in [5, 5.41) is 0. The van der Waals surface area contributed by atoms with Crippen molar-refractivity contribution < 1.29 is 13.2 Å². The molecule has 1 rings (SSSR count). The van der Waals surface area contributed by atoms with E-state index in [4.69, 9.17) is 11.5 Å². The number of nitrogens with zero attached hydrogens (tertiary/aromatic N) is 1. The Kier molecular flexibility index (Phi) is 5.56. The van der Waals surface area contributed by atoms with E-state index >= 15 is 0 Å². The van der Waals surface area contributed by atoms with E-state index in [1.807, 2.05) is 13.8 Å². The van der Waals surface area contributed by atoms with Crippen LogP contribution in [0, 0.1) is 0 Å². The lowest BCUT2D eigenvalue weighted by Crippen LogP contribution is -2.39. The zero-order chi connectivity index (χ0) is 16.2. The Labute approximate surface area is 125 Å². The van der Waals surface area contributed by atoms with Crippen LogP contribution in [0.3, 0.4) is 0 Å². The second kappa shape index (κ2) is 6.77. The molecule has 0 atom stereocenters. The number of anilines is 2. The molecule has 0 aliphatic heterocycles. The molecule has 118 valence electrons. The van der Waals surface area contributed by atoms with Crippen LogP contribution in [-0.4, -0.2) is 33.5 Å². The Hall–Kier alpha value is -1.80. The minimum absolute atomic E-state index is 0.0351. The summed E-state index contributed by atoms with van der Waals surface area (Å²) in [6.45, 7) is 5.69. The highest BCUT2D eigenvalue weighted by atomic mass is 32.2. The number of hydrogen-bond acceptors (Lipinski definition) is 5. The quantitative estimate of drug-likeness (QED) is 0.624. The van der Waals surface area contributed by atoms with Crippen molar-refractivity contribution in [3.63, 3.8) is 0 Å². The number of rotatable bonds is 7. The first-order valence-corrected chi connectivity index (χ1v) is 8.11. The lowest BCUT2D eigenvalue weighted by atomic mass is 10.2. The average molecular weight is 314 g/mol. The van der Waals surface area contributed by atoms with Gasteiger partial charge in [-0.1, -0.05) is 6.92 Å². The van der Waals surface area contributed by atoms with E-state index in [1.165, 1.54) is 18.2 Å². The monoisotopic (exact) mass is 314 g/mol. The van der Waals surface area contributed by atoms with Crippen molar-refractivity contribution in [2.75, 3.05) is 23.7 Å². The first kappa shape index (κ1) is 17.3. The number of nitrogens with two attached hydrogens (primary N) is 2. The van der Waals surface area contributed by atoms with Gasteiger partial charge in [0.05, 0.1) is 22.8 Å². The minimum Gasteiger partial charge on any atom is -0.397 e. The van der Waals surface area contributed by atoms with Gasteiger partial charge in [0.15, 0.2) is 0 Å². The van der Waals surface area contributed by atoms with Crippen LogP contribution in [0.15, 0.2) is 23.1 Å². The summed E-state index contributed by atoms with van der Waals surface area (Å²) in [5.74, 6) is -0.511. The molecule has 0 aliphatic carbocycles. The maximum atomic E-state index is 12.0. The van der Waals surface area contributed by atoms with Crippen LogP contribution in [0.1, 0.15) is 20.8 Å². The van der Waals surface area contributed by atoms with Gasteiger partial charge in [0.1, 0.15) is 0 Å². The normalized spacial score (nSPS) is 11.6. The van der Waals surface area contributed by atoms with Gasteiger partial charge < -0.3 is 16.4 Å². The van der Waals surface area contributed by atoms with Crippen LogP contribution in [0.4, 0.5) is 11.4 Å². The highest BCUT2D eigenvalue weighted by Gasteiger charge is 2.20. The maximum absolute atomic E-state index is 12.0. The predicted molar refractivity (Wildman–Crippen MR) is 83.4 cm³/mol. The van der Waals surface area contributed by atoms with E-state index < -0.39 is 15.9 Å². The van der Waals surface area contributed by atoms with Crippen LogP contribution in [0.5, 0.6) is 0 Å². The van der Waals surface area contributed by atoms with E-state index in [-0.39, 0.29) is 24.0 Å². The number of amides is 1. The number of primary amides is 1. The van der Waals surface area contributed by atoms with E-state index in [0.29, 0.717) is 11.4 Å². The Balaban J connectivity index is 3.32. The third kappa shape index (κ3) is 4.33. The van der Waals surface area contributed by atoms with Gasteiger partial charge in [-0.25, -0.2) is 13.1 Å². The summed E-state index contributed by atoms with van der Waals surface area (Å²) < 4.78 is 26.5. The first-order valence-electron chi connectivity index (χ1n) is 6.63. The topological polar surface area (TPSA) is 119 Å². The van der Waals surface area contributed by atoms with Crippen LogP contribution >= 0.6 is 0 Å². The molecule has 21 heavy (non-hydrogen) atoms. The van der Waals surface area contributed by atoms with Gasteiger partial charge in [0.2, 0.25) is 15.9 Å². The summed E-state index contributed by atoms with van der Waals surface area (Å²) >= 11 is 0. The molecule has 1 aromatic rings. The van der Waals surface area contributed by atoms with Crippen molar-refractivity contribution in [2.24, 2.45) is 5.73 Å². The van der Waals surface area contributed by atoms with E-state index in [2.05, 4.69) is 4.72 Å². The number of benzene rings is 1. The van der Waals surface area contributed by atoms with Gasteiger partial charge in [0.25, 0.3) is 0 Å². The third-order valence-corrected chi connectivity index (χ3v) is 4.45. The van der Waals surface area contributed by atoms with Crippen molar-refractivity contribution in [3.8, 4) is 0 Å². The molecular weight excluding hydrogens is 292 g/mol. The van der Waals surface area contributed by atoms with Crippen molar-refractivity contribution in [1.29, 1.82) is 0 Å². The van der Waals surface area contributed by atoms with Gasteiger partial charge >= 0.3 is 0 Å². The highest BCUT2D eigenvalue weighted by molar-refractivity contribution is 7.89. The van der Waals surface area contributed by atoms with E-state index in [1.54, 1.807) is 11.8 Å². The zero-order valence-corrected chi connectivity index (χ0v) is 13.3. The molecule has 0 aromatic heterocycles. The Morgan fingerprint density at radius 3 is 2.48 bits per heavy atom. The van der Waals surface area contributed by atoms with Gasteiger partial charge in [-0.3, -0.25) is 4.79 Å². The molecule has 0 heterocycles. The summed E-state index contributed by atoms with van der Waals surface area (Å²) in [4.78, 5) is 13.0. The summed E-state index contributed by atoms with van der Waals surface area (Å²) in [6, 6.07) is 4.34. The molecule has 0 saturated carbocycles. The molecule has 0 spiro atoms. The molecule has 0 fully saturated rings. The van der Waals surface area contributed by atoms with Crippen molar-refractivity contribution in [3.05, 3.63) is 18.2 Å². The van der Waals surface area contributed by atoms with E-state index in [0.717, 1.165) is 0 Å². The average Bonchev–Trinajstić information content (AvgIpc) is 2.36. The molecule has 1 amide bonds. The number of carbonyl (C=O) groups excluding carboxylic acids is 1. The lowest BCUT2D eigenvalue weighted by molar-refractivity contribution is -0.116. The molecule has 0 saturated heterocycles. The molecule has 7 nitrogen and oxygen atoms in total. The largest absolute Gasteiger partial charge is 0.397 e. The molecular formula is C13H22N4O3S. The van der Waals surface area contributed by atoms with Crippen molar-refractivity contribution >= 4 is 27.3 Å². The molecule has 8 heteroatoms. The van der Waals surface area contributed by atoms with Gasteiger partial charge in [0, 0.05) is 12.6 Å². The second-order valence-electron chi connectivity index (χ2n) is 4.91. The number of hydrogen-bond donors (Lipinski definition) is 3. The van der Waals surface area contributed by atoms with Crippen LogP contribution in [-0.2, 0) is 14.8 Å². The summed E-state index contributed by atoms with van der Waals surface area (Å²) in [5.41, 5.74) is 12.0. The standard InChI is InChI=1S/C13H22N4O3S/c1-4-16-21(19,20)10-5-6-11(14)12(7-10)17(9(2)3)8-13(15)18/h5-7,9,16H,4,8,14H2,1-3H3,(H2,15,18). The number of carbonyl (C=O) groups is 1. The molecule has 0 radical (unpaired) electrons. The fourth-order valence-electron chi connectivity index (χ4n) is 1.93. The van der Waals surface area contributed by atoms with Crippen molar-refractivity contribution in [1.82, 2.24) is 4.72 Å². The first-order chi connectivity index (χ1) is 9.69. The minimum atomic E-state index is -3.59. The Morgan fingerprint density at radius 1 is 1.38 bits per heavy atom. The number of nitrogen functional groups attached to an aromatic ring is 1. The summed E-state index contributed by atoms with van der Waals surface area (Å²) in [6.07, 6.45) is 0. The molecule has 0 aliphatic rings. The van der Waals surface area contributed by atoms with Gasteiger partial charge in [-0.2, -0.15) is 0 Å². The predicted octanol–water partition coefficient (Wildman–Crippen LogP) is 0.267. The van der Waals surface area contributed by atoms with Gasteiger partial charge in [-0.05, 0) is 32.0 Å². The number of sulfonamides is 1. The molecule has 0 bridgehead atoms. The molecule has 0 unspecified atom stereocenters. The van der Waals surface area contributed by atoms with Crippen LogP contribution in [0.2, 0.25) is 0 Å². The highest BCUT2D eigenvalue weighted by Crippen LogP contribution is 2.28. The van der Waals surface area contributed by atoms with Crippen molar-refractivity contribution in [2.45, 2.75) is 31.7 Å². The van der Waals surface area contributed by atoms with E-state index in [9.17, 15) is 13.2 Å². The third-order valence-electron chi connectivity index (χ3n) is 2.91. The molecule has 5 N–H and O–H groups in total. The van der Waals surface area contributed by atoms with Gasteiger partial charge in [-0.15, -0.1) is 0 Å². The van der Waals surface area contributed by atoms with Crippen LogP contribution < -0.4 is 21.1 Å². The maximum Gasteiger partial charge on any atom is 0.240 e. The molecule has 1 aromatic carbocycles. The lowest BCUT2D eigenvalue weighted by Gasteiger charge is -2.29. The fraction of sp³-hybridized carbons (Fsp3) is 0.462. The van der Waals surface area contributed by atoms with Crippen LogP contribution in [0.25, 0.3) is 0 Å². The Morgan fingerprint density at radius 2 is 2.00 bits per heavy atom.